The molecule has 25 heavy (non-hydrogen) atoms. The molecule has 3 heteroatoms. The van der Waals surface area contributed by atoms with Gasteiger partial charge in [0.15, 0.2) is 0 Å². The smallest absolute Gasteiger partial charge is 0.127 e. The van der Waals surface area contributed by atoms with Gasteiger partial charge in [0, 0.05) is 10.8 Å². The number of rotatable bonds is 11. The van der Waals surface area contributed by atoms with Crippen molar-refractivity contribution in [2.45, 2.75) is 59.0 Å². The van der Waals surface area contributed by atoms with Gasteiger partial charge in [-0.15, -0.1) is 0 Å². The van der Waals surface area contributed by atoms with Gasteiger partial charge < -0.3 is 14.6 Å². The molecule has 0 radical (unpaired) electrons. The van der Waals surface area contributed by atoms with Crippen LogP contribution in [-0.4, -0.2) is 24.4 Å². The van der Waals surface area contributed by atoms with Crippen LogP contribution in [0.2, 0.25) is 0 Å². The lowest BCUT2D eigenvalue weighted by Crippen LogP contribution is -2.16. The highest BCUT2D eigenvalue weighted by molar-refractivity contribution is 5.93. The molecule has 1 N–H and O–H groups in total. The number of aliphatic hydroxyl groups excluding tert-OH is 1. The maximum Gasteiger partial charge on any atom is 0.127 e. The van der Waals surface area contributed by atoms with E-state index < -0.39 is 6.10 Å². The van der Waals surface area contributed by atoms with Crippen LogP contribution in [-0.2, 0) is 0 Å². The van der Waals surface area contributed by atoms with Crippen LogP contribution in [0.4, 0.5) is 0 Å². The summed E-state index contributed by atoms with van der Waals surface area (Å²) in [6.07, 6.45) is 5.12. The average molecular weight is 344 g/mol. The number of unbranched alkanes of at least 4 members (excludes halogenated alkanes) is 1. The zero-order chi connectivity index (χ0) is 18.1. The topological polar surface area (TPSA) is 38.7 Å². The first-order valence-electron chi connectivity index (χ1n) is 9.64. The van der Waals surface area contributed by atoms with Gasteiger partial charge in [-0.25, -0.2) is 0 Å². The average Bonchev–Trinajstić information content (AvgIpc) is 2.66. The summed E-state index contributed by atoms with van der Waals surface area (Å²) in [5, 5.41) is 11.8. The Labute approximate surface area is 152 Å². The molecular formula is C22H32O3. The van der Waals surface area contributed by atoms with E-state index in [2.05, 4.69) is 19.9 Å². The van der Waals surface area contributed by atoms with Gasteiger partial charge in [0.1, 0.15) is 18.1 Å². The Morgan fingerprint density at radius 1 is 0.840 bits per heavy atom. The van der Waals surface area contributed by atoms with Crippen LogP contribution in [0.3, 0.4) is 0 Å². The summed E-state index contributed by atoms with van der Waals surface area (Å²) < 4.78 is 12.0. The van der Waals surface area contributed by atoms with Crippen LogP contribution in [0.15, 0.2) is 36.4 Å². The zero-order valence-electron chi connectivity index (χ0n) is 15.8. The molecule has 138 valence electrons. The Balaban J connectivity index is 2.13. The van der Waals surface area contributed by atoms with Crippen LogP contribution >= 0.6 is 0 Å². The monoisotopic (exact) mass is 344 g/mol. The molecule has 3 nitrogen and oxygen atoms in total. The van der Waals surface area contributed by atoms with Gasteiger partial charge in [-0.1, -0.05) is 64.3 Å². The van der Waals surface area contributed by atoms with Gasteiger partial charge in [-0.05, 0) is 30.9 Å². The number of fused-ring (bicyclic) bond motifs is 1. The SMILES string of the molecule is CCCCC(CC)COc1ccc(OCC(O)CC)c2ccccc12. The maximum atomic E-state index is 9.74. The molecule has 0 aromatic heterocycles. The highest BCUT2D eigenvalue weighted by Gasteiger charge is 2.12. The second-order valence-corrected chi connectivity index (χ2v) is 6.71. The lowest BCUT2D eigenvalue weighted by Gasteiger charge is -2.18. The van der Waals surface area contributed by atoms with Crippen molar-refractivity contribution >= 4 is 10.8 Å². The molecule has 2 atom stereocenters. The number of ether oxygens (including phenoxy) is 2. The van der Waals surface area contributed by atoms with E-state index in [0.717, 1.165) is 35.3 Å². The molecule has 0 saturated carbocycles. The minimum Gasteiger partial charge on any atom is -0.493 e. The molecule has 2 unspecified atom stereocenters. The van der Waals surface area contributed by atoms with E-state index >= 15 is 0 Å². The molecule has 0 aliphatic rings. The fourth-order valence-electron chi connectivity index (χ4n) is 2.91. The van der Waals surface area contributed by atoms with E-state index in [1.165, 1.54) is 19.3 Å². The van der Waals surface area contributed by atoms with Crippen molar-refractivity contribution in [1.29, 1.82) is 0 Å². The fraction of sp³-hybridized carbons (Fsp3) is 0.545. The van der Waals surface area contributed by atoms with E-state index in [-0.39, 0.29) is 0 Å². The van der Waals surface area contributed by atoms with Gasteiger partial charge >= 0.3 is 0 Å². The molecule has 0 amide bonds. The highest BCUT2D eigenvalue weighted by Crippen LogP contribution is 2.33. The lowest BCUT2D eigenvalue weighted by molar-refractivity contribution is 0.105. The summed E-state index contributed by atoms with van der Waals surface area (Å²) in [7, 11) is 0. The molecule has 0 aliphatic heterocycles. The molecule has 0 aliphatic carbocycles. The molecule has 0 heterocycles. The first-order valence-corrected chi connectivity index (χ1v) is 9.64. The summed E-state index contributed by atoms with van der Waals surface area (Å²) >= 11 is 0. The Hall–Kier alpha value is -1.74. The van der Waals surface area contributed by atoms with E-state index in [9.17, 15) is 5.11 Å². The van der Waals surface area contributed by atoms with Crippen LogP contribution < -0.4 is 9.47 Å². The Kier molecular flexibility index (Phi) is 8.07. The van der Waals surface area contributed by atoms with E-state index in [1.807, 2.05) is 37.3 Å². The summed E-state index contributed by atoms with van der Waals surface area (Å²) in [4.78, 5) is 0. The third kappa shape index (κ3) is 5.64. The largest absolute Gasteiger partial charge is 0.493 e. The van der Waals surface area contributed by atoms with E-state index in [4.69, 9.17) is 9.47 Å². The maximum absolute atomic E-state index is 9.74. The first kappa shape index (κ1) is 19.6. The Morgan fingerprint density at radius 2 is 1.44 bits per heavy atom. The minimum atomic E-state index is -0.432. The lowest BCUT2D eigenvalue weighted by atomic mass is 10.0. The third-order valence-electron chi connectivity index (χ3n) is 4.76. The molecule has 0 fully saturated rings. The normalized spacial score (nSPS) is 13.6. The first-order chi connectivity index (χ1) is 12.2. The van der Waals surface area contributed by atoms with Gasteiger partial charge in [0.25, 0.3) is 0 Å². The zero-order valence-corrected chi connectivity index (χ0v) is 15.8. The van der Waals surface area contributed by atoms with E-state index in [0.29, 0.717) is 18.9 Å². The predicted octanol–water partition coefficient (Wildman–Crippen LogP) is 5.58. The standard InChI is InChI=1S/C22H32O3/c1-4-7-10-17(5-2)15-24-21-13-14-22(25-16-18(23)6-3)20-12-9-8-11-19(20)21/h8-9,11-14,17-18,23H,4-7,10,15-16H2,1-3H3. The second-order valence-electron chi connectivity index (χ2n) is 6.71. The molecule has 0 spiro atoms. The summed E-state index contributed by atoms with van der Waals surface area (Å²) in [5.74, 6) is 2.32. The minimum absolute atomic E-state index is 0.315. The Bertz CT molecular complexity index is 638. The molecular weight excluding hydrogens is 312 g/mol. The molecule has 2 aromatic rings. The van der Waals surface area contributed by atoms with Crippen molar-refractivity contribution in [3.63, 3.8) is 0 Å². The molecule has 2 aromatic carbocycles. The van der Waals surface area contributed by atoms with Crippen molar-refractivity contribution in [3.05, 3.63) is 36.4 Å². The van der Waals surface area contributed by atoms with Gasteiger partial charge in [0.2, 0.25) is 0 Å². The second kappa shape index (κ2) is 10.3. The number of hydrogen-bond acceptors (Lipinski definition) is 3. The number of hydrogen-bond donors (Lipinski definition) is 1. The quantitative estimate of drug-likeness (QED) is 0.578. The molecule has 0 bridgehead atoms. The van der Waals surface area contributed by atoms with Crippen molar-refractivity contribution in [2.24, 2.45) is 5.92 Å². The fourth-order valence-corrected chi connectivity index (χ4v) is 2.91. The van der Waals surface area contributed by atoms with Gasteiger partial charge in [-0.3, -0.25) is 0 Å². The van der Waals surface area contributed by atoms with Crippen molar-refractivity contribution in [2.75, 3.05) is 13.2 Å². The summed E-state index contributed by atoms with van der Waals surface area (Å²) in [5.41, 5.74) is 0. The number of benzene rings is 2. The summed E-state index contributed by atoms with van der Waals surface area (Å²) in [6, 6.07) is 12.1. The van der Waals surface area contributed by atoms with Gasteiger partial charge in [0.05, 0.1) is 12.7 Å². The summed E-state index contributed by atoms with van der Waals surface area (Å²) in [6.45, 7) is 7.49. The van der Waals surface area contributed by atoms with Crippen molar-refractivity contribution in [1.82, 2.24) is 0 Å². The van der Waals surface area contributed by atoms with E-state index in [1.54, 1.807) is 0 Å². The van der Waals surface area contributed by atoms with Crippen LogP contribution in [0, 0.1) is 5.92 Å². The van der Waals surface area contributed by atoms with Crippen LogP contribution in [0.25, 0.3) is 10.8 Å². The Morgan fingerprint density at radius 3 is 1.96 bits per heavy atom. The molecule has 0 saturated heterocycles. The third-order valence-corrected chi connectivity index (χ3v) is 4.76. The number of aliphatic hydroxyl groups is 1. The van der Waals surface area contributed by atoms with Crippen molar-refractivity contribution in [3.8, 4) is 11.5 Å². The molecule has 2 rings (SSSR count). The van der Waals surface area contributed by atoms with Gasteiger partial charge in [-0.2, -0.15) is 0 Å². The predicted molar refractivity (Wildman–Crippen MR) is 105 cm³/mol. The highest BCUT2D eigenvalue weighted by atomic mass is 16.5. The van der Waals surface area contributed by atoms with Crippen LogP contribution in [0.1, 0.15) is 52.9 Å². The van der Waals surface area contributed by atoms with Crippen molar-refractivity contribution < 1.29 is 14.6 Å². The van der Waals surface area contributed by atoms with Crippen LogP contribution in [0.5, 0.6) is 11.5 Å².